The summed E-state index contributed by atoms with van der Waals surface area (Å²) >= 11 is 0. The van der Waals surface area contributed by atoms with Crippen molar-refractivity contribution in [1.29, 1.82) is 5.26 Å². The van der Waals surface area contributed by atoms with Gasteiger partial charge in [-0.1, -0.05) is 0 Å². The number of oxazole rings is 1. The number of aromatic amines is 1. The number of hydrogen-bond acceptors (Lipinski definition) is 9. The molecule has 1 fully saturated rings. The number of hydrogen-bond donors (Lipinski definition) is 2. The maximum Gasteiger partial charge on any atom is 0.299 e. The number of aromatic nitrogens is 5. The minimum Gasteiger partial charge on any atom is -0.404 e. The molecule has 0 amide bonds. The second-order valence-electron chi connectivity index (χ2n) is 7.61. The Morgan fingerprint density at radius 2 is 2.34 bits per heavy atom. The fourth-order valence-corrected chi connectivity index (χ4v) is 4.06. The topological polar surface area (TPSA) is 146 Å². The zero-order valence-electron chi connectivity index (χ0n) is 17.2. The molecule has 0 bridgehead atoms. The average Bonchev–Trinajstić information content (AvgIpc) is 3.57. The van der Waals surface area contributed by atoms with Crippen molar-refractivity contribution >= 4 is 40.1 Å². The van der Waals surface area contributed by atoms with Crippen molar-refractivity contribution in [1.82, 2.24) is 24.9 Å². The van der Waals surface area contributed by atoms with Gasteiger partial charge < -0.3 is 20.0 Å². The predicted molar refractivity (Wildman–Crippen MR) is 121 cm³/mol. The molecular formula is C22H21N9O. The Labute approximate surface area is 183 Å². The van der Waals surface area contributed by atoms with Gasteiger partial charge in [-0.05, 0) is 24.6 Å². The normalized spacial score (nSPS) is 18.0. The molecule has 2 unspecified atom stereocenters. The van der Waals surface area contributed by atoms with Crippen LogP contribution in [-0.4, -0.2) is 50.3 Å². The summed E-state index contributed by atoms with van der Waals surface area (Å²) in [6.45, 7) is 1.48. The van der Waals surface area contributed by atoms with Crippen molar-refractivity contribution in [2.75, 3.05) is 18.0 Å². The number of allylic oxidation sites excluding steroid dienone is 1. The van der Waals surface area contributed by atoms with E-state index in [1.807, 2.05) is 18.2 Å². The molecule has 1 aliphatic heterocycles. The zero-order chi connectivity index (χ0) is 21.9. The van der Waals surface area contributed by atoms with Crippen molar-refractivity contribution in [3.8, 4) is 6.07 Å². The molecule has 5 heterocycles. The van der Waals surface area contributed by atoms with Crippen molar-refractivity contribution < 1.29 is 4.42 Å². The van der Waals surface area contributed by atoms with Crippen molar-refractivity contribution in [3.63, 3.8) is 0 Å². The highest BCUT2D eigenvalue weighted by molar-refractivity contribution is 6.13. The molecule has 1 aliphatic rings. The molecule has 0 radical (unpaired) electrons. The van der Waals surface area contributed by atoms with Gasteiger partial charge in [0.2, 0.25) is 5.71 Å². The van der Waals surface area contributed by atoms with Gasteiger partial charge >= 0.3 is 0 Å². The van der Waals surface area contributed by atoms with Crippen LogP contribution in [0.25, 0.3) is 27.8 Å². The second-order valence-corrected chi connectivity index (χ2v) is 7.61. The van der Waals surface area contributed by atoms with Crippen LogP contribution in [0.5, 0.6) is 0 Å². The number of nitrogens with zero attached hydrogens (tertiary/aromatic N) is 7. The van der Waals surface area contributed by atoms with E-state index in [1.165, 1.54) is 12.5 Å². The van der Waals surface area contributed by atoms with E-state index in [-0.39, 0.29) is 12.0 Å². The largest absolute Gasteiger partial charge is 0.404 e. The van der Waals surface area contributed by atoms with E-state index >= 15 is 0 Å². The first-order valence-corrected chi connectivity index (χ1v) is 10.3. The third kappa shape index (κ3) is 3.65. The molecule has 4 aromatic rings. The van der Waals surface area contributed by atoms with Gasteiger partial charge in [0.15, 0.2) is 0 Å². The van der Waals surface area contributed by atoms with Gasteiger partial charge in [-0.3, -0.25) is 4.99 Å². The summed E-state index contributed by atoms with van der Waals surface area (Å²) in [5, 5.41) is 10.3. The maximum atomic E-state index is 9.39. The molecule has 5 rings (SSSR count). The van der Waals surface area contributed by atoms with Crippen LogP contribution in [0.4, 0.5) is 6.01 Å². The standard InChI is InChI=1S/C22H21N9O/c23-6-3-17(27-11-15(10-24)19-16-4-8-25-20(16)29-13-28-19)14-5-9-31(12-14)22-30-18-2-1-7-26-21(18)32-22/h1-2,4,7-8,10-11,13-14,17H,3,5,9,12,24H2,(H,25,28,29). The number of nitrogens with one attached hydrogen (secondary N) is 1. The molecule has 0 aromatic carbocycles. The average molecular weight is 427 g/mol. The summed E-state index contributed by atoms with van der Waals surface area (Å²) in [5.41, 5.74) is 9.26. The first-order valence-electron chi connectivity index (χ1n) is 10.3. The minimum absolute atomic E-state index is 0.175. The molecule has 10 nitrogen and oxygen atoms in total. The molecule has 0 aliphatic carbocycles. The molecule has 3 N–H and O–H groups in total. The Morgan fingerprint density at radius 1 is 1.41 bits per heavy atom. The first-order chi connectivity index (χ1) is 15.8. The van der Waals surface area contributed by atoms with Gasteiger partial charge in [0, 0.05) is 54.8 Å². The lowest BCUT2D eigenvalue weighted by Gasteiger charge is -2.18. The van der Waals surface area contributed by atoms with Gasteiger partial charge in [0.25, 0.3) is 6.01 Å². The van der Waals surface area contributed by atoms with E-state index < -0.39 is 0 Å². The fourth-order valence-electron chi connectivity index (χ4n) is 4.06. The molecule has 10 heteroatoms. The van der Waals surface area contributed by atoms with Gasteiger partial charge in [-0.25, -0.2) is 15.0 Å². The van der Waals surface area contributed by atoms with Gasteiger partial charge in [-0.15, -0.1) is 0 Å². The third-order valence-electron chi connectivity index (χ3n) is 5.71. The molecule has 160 valence electrons. The Hall–Kier alpha value is -4.26. The highest BCUT2D eigenvalue weighted by Gasteiger charge is 2.31. The number of rotatable bonds is 6. The lowest BCUT2D eigenvalue weighted by atomic mass is 9.97. The molecule has 2 atom stereocenters. The number of aliphatic imine (C=N–C) groups is 1. The first kappa shape index (κ1) is 19.7. The van der Waals surface area contributed by atoms with Crippen molar-refractivity contribution in [2.45, 2.75) is 18.9 Å². The third-order valence-corrected chi connectivity index (χ3v) is 5.71. The number of H-pyrrole nitrogens is 1. The predicted octanol–water partition coefficient (Wildman–Crippen LogP) is 2.67. The van der Waals surface area contributed by atoms with Crippen LogP contribution >= 0.6 is 0 Å². The van der Waals surface area contributed by atoms with Gasteiger partial charge in [-0.2, -0.15) is 10.2 Å². The van der Waals surface area contributed by atoms with E-state index in [0.717, 1.165) is 29.5 Å². The van der Waals surface area contributed by atoms with E-state index in [9.17, 15) is 5.26 Å². The van der Waals surface area contributed by atoms with Crippen LogP contribution in [0, 0.1) is 17.2 Å². The Balaban J connectivity index is 1.35. The SMILES string of the molecule is N#CCC(N=CC(=CN)c1ncnc2[nH]ccc12)C1CCN(c2nc3cccnc3o2)C1. The van der Waals surface area contributed by atoms with Gasteiger partial charge in [0.05, 0.1) is 24.2 Å². The second kappa shape index (κ2) is 8.47. The summed E-state index contributed by atoms with van der Waals surface area (Å²) in [4.78, 5) is 27.2. The van der Waals surface area contributed by atoms with Crippen molar-refractivity contribution in [3.05, 3.63) is 48.8 Å². The summed E-state index contributed by atoms with van der Waals surface area (Å²) in [7, 11) is 0. The molecular weight excluding hydrogens is 406 g/mol. The van der Waals surface area contributed by atoms with E-state index in [4.69, 9.17) is 15.1 Å². The van der Waals surface area contributed by atoms with E-state index in [0.29, 0.717) is 36.0 Å². The fraction of sp³-hybridized carbons (Fsp3) is 0.273. The Morgan fingerprint density at radius 3 is 3.19 bits per heavy atom. The van der Waals surface area contributed by atoms with E-state index in [1.54, 1.807) is 18.6 Å². The Kier molecular flexibility index (Phi) is 5.21. The minimum atomic E-state index is -0.175. The van der Waals surface area contributed by atoms with Crippen LogP contribution in [0.1, 0.15) is 18.5 Å². The van der Waals surface area contributed by atoms with Crippen LogP contribution < -0.4 is 10.6 Å². The van der Waals surface area contributed by atoms with Crippen LogP contribution in [0.3, 0.4) is 0 Å². The summed E-state index contributed by atoms with van der Waals surface area (Å²) in [6.07, 6.45) is 9.36. The molecule has 1 saturated heterocycles. The zero-order valence-corrected chi connectivity index (χ0v) is 17.2. The number of anilines is 1. The molecule has 0 spiro atoms. The summed E-state index contributed by atoms with van der Waals surface area (Å²) in [6, 6.07) is 8.26. The number of pyridine rings is 1. The highest BCUT2D eigenvalue weighted by atomic mass is 16.4. The van der Waals surface area contributed by atoms with Gasteiger partial charge in [0.1, 0.15) is 17.5 Å². The monoisotopic (exact) mass is 427 g/mol. The number of nitrogens with two attached hydrogens (primary N) is 1. The summed E-state index contributed by atoms with van der Waals surface area (Å²) < 4.78 is 5.80. The van der Waals surface area contributed by atoms with Crippen LogP contribution in [0.15, 0.2) is 52.5 Å². The lowest BCUT2D eigenvalue weighted by Crippen LogP contribution is -2.25. The van der Waals surface area contributed by atoms with Crippen molar-refractivity contribution in [2.24, 2.45) is 16.6 Å². The quantitative estimate of drug-likeness (QED) is 0.447. The van der Waals surface area contributed by atoms with Crippen LogP contribution in [0.2, 0.25) is 0 Å². The molecule has 32 heavy (non-hydrogen) atoms. The number of fused-ring (bicyclic) bond motifs is 2. The summed E-state index contributed by atoms with van der Waals surface area (Å²) in [5.74, 6) is 0.186. The lowest BCUT2D eigenvalue weighted by molar-refractivity contribution is 0.465. The van der Waals surface area contributed by atoms with E-state index in [2.05, 4.69) is 35.9 Å². The number of nitriles is 1. The highest BCUT2D eigenvalue weighted by Crippen LogP contribution is 2.30. The molecule has 0 saturated carbocycles. The smallest absolute Gasteiger partial charge is 0.299 e. The Bertz CT molecular complexity index is 1310. The van der Waals surface area contributed by atoms with Crippen LogP contribution in [-0.2, 0) is 0 Å². The molecule has 4 aromatic heterocycles. The maximum absolute atomic E-state index is 9.39.